The van der Waals surface area contributed by atoms with Gasteiger partial charge in [0.2, 0.25) is 5.88 Å². The largest absolute Gasteiger partial charge is 0.494 e. The number of benzene rings is 1. The predicted molar refractivity (Wildman–Crippen MR) is 96.9 cm³/mol. The minimum atomic E-state index is -0.333. The number of likely N-dealkylation sites (tertiary alicyclic amines) is 1. The molecular weight excluding hydrogens is 322 g/mol. The molecule has 128 valence electrons. The van der Waals surface area contributed by atoms with Crippen molar-refractivity contribution in [3.05, 3.63) is 56.1 Å². The molecule has 5 nitrogen and oxygen atoms in total. The number of nitrogens with one attached hydrogen (secondary N) is 2. The van der Waals surface area contributed by atoms with Crippen molar-refractivity contribution in [2.24, 2.45) is 5.92 Å². The normalized spacial score (nSPS) is 20.0. The van der Waals surface area contributed by atoms with Crippen LogP contribution in [0.2, 0.25) is 0 Å². The summed E-state index contributed by atoms with van der Waals surface area (Å²) in [5, 5.41) is 10.4. The van der Waals surface area contributed by atoms with Gasteiger partial charge in [0.25, 0.3) is 5.56 Å². The van der Waals surface area contributed by atoms with Crippen molar-refractivity contribution in [3.8, 4) is 5.88 Å². The third-order valence-corrected chi connectivity index (χ3v) is 4.88. The molecule has 0 spiro atoms. The minimum absolute atomic E-state index is 0.135. The molecule has 1 aliphatic heterocycles. The number of hydrogen-bond donors (Lipinski definition) is 3. The number of H-pyrrole nitrogens is 2. The maximum atomic E-state index is 12.5. The highest BCUT2D eigenvalue weighted by atomic mass is 32.1. The van der Waals surface area contributed by atoms with E-state index in [1.54, 1.807) is 0 Å². The van der Waals surface area contributed by atoms with E-state index in [0.717, 1.165) is 30.6 Å². The van der Waals surface area contributed by atoms with E-state index in [1.807, 2.05) is 31.2 Å². The molecule has 1 saturated heterocycles. The van der Waals surface area contributed by atoms with Gasteiger partial charge in [-0.15, -0.1) is 0 Å². The van der Waals surface area contributed by atoms with Crippen LogP contribution in [0, 0.1) is 17.6 Å². The van der Waals surface area contributed by atoms with Gasteiger partial charge < -0.3 is 10.1 Å². The van der Waals surface area contributed by atoms with Crippen molar-refractivity contribution in [1.82, 2.24) is 14.9 Å². The lowest BCUT2D eigenvalue weighted by atomic mass is 9.92. The van der Waals surface area contributed by atoms with E-state index in [2.05, 4.69) is 21.8 Å². The Morgan fingerprint density at radius 3 is 2.62 bits per heavy atom. The topological polar surface area (TPSA) is 72.1 Å². The van der Waals surface area contributed by atoms with Crippen LogP contribution >= 0.6 is 12.2 Å². The average Bonchev–Trinajstić information content (AvgIpc) is 2.52. The molecule has 1 aliphatic rings. The maximum absolute atomic E-state index is 12.5. The maximum Gasteiger partial charge on any atom is 0.260 e. The smallest absolute Gasteiger partial charge is 0.260 e. The lowest BCUT2D eigenvalue weighted by Crippen LogP contribution is -2.40. The molecule has 24 heavy (non-hydrogen) atoms. The van der Waals surface area contributed by atoms with Gasteiger partial charge in [-0.05, 0) is 50.0 Å². The third-order valence-electron chi connectivity index (χ3n) is 4.68. The molecule has 0 bridgehead atoms. The molecule has 3 N–H and O–H groups in total. The molecule has 1 aromatic carbocycles. The van der Waals surface area contributed by atoms with E-state index in [-0.39, 0.29) is 22.3 Å². The van der Waals surface area contributed by atoms with Crippen LogP contribution in [0.25, 0.3) is 0 Å². The fourth-order valence-corrected chi connectivity index (χ4v) is 3.70. The summed E-state index contributed by atoms with van der Waals surface area (Å²) in [6.07, 6.45) is 2.28. The molecule has 0 amide bonds. The van der Waals surface area contributed by atoms with Crippen LogP contribution in [0.3, 0.4) is 0 Å². The summed E-state index contributed by atoms with van der Waals surface area (Å²) in [5.74, 6) is 0.419. The van der Waals surface area contributed by atoms with Gasteiger partial charge in [0, 0.05) is 6.54 Å². The zero-order valence-electron chi connectivity index (χ0n) is 14.0. The molecule has 2 heterocycles. The van der Waals surface area contributed by atoms with Crippen molar-refractivity contribution < 1.29 is 5.11 Å². The summed E-state index contributed by atoms with van der Waals surface area (Å²) in [4.78, 5) is 20.1. The van der Waals surface area contributed by atoms with Crippen molar-refractivity contribution >= 4 is 12.2 Å². The monoisotopic (exact) mass is 345 g/mol. The number of aryl methyl sites for hydroxylation is 1. The second-order valence-electron chi connectivity index (χ2n) is 6.73. The molecule has 0 saturated carbocycles. The Morgan fingerprint density at radius 1 is 1.29 bits per heavy atom. The number of aromatic nitrogens is 2. The highest BCUT2D eigenvalue weighted by Gasteiger charge is 2.30. The van der Waals surface area contributed by atoms with Crippen LogP contribution in [0.15, 0.2) is 29.1 Å². The first-order chi connectivity index (χ1) is 11.5. The Labute approximate surface area is 146 Å². The summed E-state index contributed by atoms with van der Waals surface area (Å²) in [7, 11) is 0. The number of piperidine rings is 1. The summed E-state index contributed by atoms with van der Waals surface area (Å²) >= 11 is 4.96. The van der Waals surface area contributed by atoms with Gasteiger partial charge in [0.1, 0.15) is 0 Å². The Kier molecular flexibility index (Phi) is 4.87. The van der Waals surface area contributed by atoms with Crippen LogP contribution in [-0.4, -0.2) is 33.1 Å². The van der Waals surface area contributed by atoms with Crippen molar-refractivity contribution in [3.63, 3.8) is 0 Å². The van der Waals surface area contributed by atoms with Crippen LogP contribution in [-0.2, 0) is 0 Å². The molecular formula is C18H23N3O2S. The van der Waals surface area contributed by atoms with Crippen molar-refractivity contribution in [2.75, 3.05) is 13.1 Å². The van der Waals surface area contributed by atoms with E-state index >= 15 is 0 Å². The lowest BCUT2D eigenvalue weighted by Gasteiger charge is -2.37. The van der Waals surface area contributed by atoms with Gasteiger partial charge in [0.15, 0.2) is 4.77 Å². The number of aromatic amines is 2. The second-order valence-corrected chi connectivity index (χ2v) is 7.13. The van der Waals surface area contributed by atoms with Crippen molar-refractivity contribution in [1.29, 1.82) is 0 Å². The molecule has 1 fully saturated rings. The van der Waals surface area contributed by atoms with Crippen LogP contribution in [0.1, 0.15) is 42.5 Å². The first-order valence-corrected chi connectivity index (χ1v) is 8.72. The molecule has 3 rings (SSSR count). The van der Waals surface area contributed by atoms with E-state index in [4.69, 9.17) is 12.2 Å². The summed E-state index contributed by atoms with van der Waals surface area (Å²) in [5.41, 5.74) is 2.16. The number of hydrogen-bond acceptors (Lipinski definition) is 4. The Balaban J connectivity index is 2.13. The van der Waals surface area contributed by atoms with E-state index in [0.29, 0.717) is 11.5 Å². The molecule has 0 aliphatic carbocycles. The van der Waals surface area contributed by atoms with E-state index in [9.17, 15) is 9.90 Å². The van der Waals surface area contributed by atoms with Gasteiger partial charge >= 0.3 is 0 Å². The first kappa shape index (κ1) is 16.9. The fourth-order valence-electron chi connectivity index (χ4n) is 3.51. The van der Waals surface area contributed by atoms with Gasteiger partial charge in [-0.25, -0.2) is 0 Å². The summed E-state index contributed by atoms with van der Waals surface area (Å²) in [6, 6.07) is 7.83. The van der Waals surface area contributed by atoms with Gasteiger partial charge in [-0.3, -0.25) is 14.7 Å². The minimum Gasteiger partial charge on any atom is -0.494 e. The summed E-state index contributed by atoms with van der Waals surface area (Å²) < 4.78 is 0.135. The average molecular weight is 345 g/mol. The SMILES string of the molecule is Cc1ccc([C@@H](c2c(O)[nH]c(=S)[nH]c2=O)N2CCC[C@@H](C)C2)cc1. The lowest BCUT2D eigenvalue weighted by molar-refractivity contribution is 0.146. The van der Waals surface area contributed by atoms with Crippen molar-refractivity contribution in [2.45, 2.75) is 32.7 Å². The number of nitrogens with zero attached hydrogens (tertiary/aromatic N) is 1. The molecule has 2 atom stereocenters. The first-order valence-electron chi connectivity index (χ1n) is 8.32. The molecule has 0 radical (unpaired) electrons. The zero-order valence-corrected chi connectivity index (χ0v) is 14.8. The number of aromatic hydroxyl groups is 1. The van der Waals surface area contributed by atoms with Crippen LogP contribution in [0.4, 0.5) is 0 Å². The van der Waals surface area contributed by atoms with Crippen LogP contribution in [0.5, 0.6) is 5.88 Å². The molecule has 1 aromatic heterocycles. The molecule has 6 heteroatoms. The van der Waals surface area contributed by atoms with E-state index in [1.165, 1.54) is 6.42 Å². The predicted octanol–water partition coefficient (Wildman–Crippen LogP) is 3.27. The standard InChI is InChI=1S/C18H23N3O2S/c1-11-5-7-13(8-6-11)15(21-9-3-4-12(2)10-21)14-16(22)19-18(24)20-17(14)23/h5-8,12,15H,3-4,9-10H2,1-2H3,(H3,19,20,22,23,24)/t12-,15+/m1/s1. The molecule has 0 unspecified atom stereocenters. The van der Waals surface area contributed by atoms with Gasteiger partial charge in [0.05, 0.1) is 11.6 Å². The third kappa shape index (κ3) is 3.44. The van der Waals surface area contributed by atoms with Gasteiger partial charge in [-0.2, -0.15) is 0 Å². The second kappa shape index (κ2) is 6.91. The quantitative estimate of drug-likeness (QED) is 0.747. The van der Waals surface area contributed by atoms with Gasteiger partial charge in [-0.1, -0.05) is 36.8 Å². The molecule has 2 aromatic rings. The Hall–Kier alpha value is -1.92. The van der Waals surface area contributed by atoms with E-state index < -0.39 is 0 Å². The zero-order chi connectivity index (χ0) is 17.3. The summed E-state index contributed by atoms with van der Waals surface area (Å²) in [6.45, 7) is 6.05. The fraction of sp³-hybridized carbons (Fsp3) is 0.444. The number of rotatable bonds is 3. The highest BCUT2D eigenvalue weighted by Crippen LogP contribution is 2.33. The van der Waals surface area contributed by atoms with Crippen LogP contribution < -0.4 is 5.56 Å². The Bertz CT molecular complexity index is 825. The highest BCUT2D eigenvalue weighted by molar-refractivity contribution is 7.71. The Morgan fingerprint density at radius 2 is 2.00 bits per heavy atom.